The fourth-order valence-corrected chi connectivity index (χ4v) is 3.29. The number of piperidine rings is 1. The van der Waals surface area contributed by atoms with Crippen LogP contribution in [0.1, 0.15) is 45.4 Å². The maximum Gasteiger partial charge on any atom is 0.0777 e. The van der Waals surface area contributed by atoms with Gasteiger partial charge in [-0.2, -0.15) is 0 Å². The summed E-state index contributed by atoms with van der Waals surface area (Å²) in [6, 6.07) is 0.983. The third-order valence-electron chi connectivity index (χ3n) is 4.43. The summed E-state index contributed by atoms with van der Waals surface area (Å²) in [5.74, 6) is 0. The lowest BCUT2D eigenvalue weighted by atomic mass is 9.86. The normalized spacial score (nSPS) is 42.2. The Bertz CT molecular complexity index is 234. The van der Waals surface area contributed by atoms with Crippen LogP contribution in [-0.4, -0.2) is 42.8 Å². The van der Waals surface area contributed by atoms with Crippen LogP contribution in [0, 0.1) is 0 Å². The van der Waals surface area contributed by atoms with Gasteiger partial charge in [0.25, 0.3) is 0 Å². The lowest BCUT2D eigenvalue weighted by Crippen LogP contribution is -2.57. The Hall–Kier alpha value is -0.120. The van der Waals surface area contributed by atoms with Crippen molar-refractivity contribution < 1.29 is 4.74 Å². The monoisotopic (exact) mass is 226 g/mol. The van der Waals surface area contributed by atoms with E-state index in [4.69, 9.17) is 10.5 Å². The first-order chi connectivity index (χ1) is 7.64. The molecule has 1 heterocycles. The highest BCUT2D eigenvalue weighted by Crippen LogP contribution is 2.29. The average Bonchev–Trinajstić information content (AvgIpc) is 2.30. The van der Waals surface area contributed by atoms with Crippen LogP contribution in [0.3, 0.4) is 0 Å². The van der Waals surface area contributed by atoms with Gasteiger partial charge in [0.05, 0.1) is 5.60 Å². The molecule has 16 heavy (non-hydrogen) atoms. The number of ether oxygens (including phenoxy) is 1. The van der Waals surface area contributed by atoms with E-state index in [0.29, 0.717) is 12.1 Å². The van der Waals surface area contributed by atoms with Crippen molar-refractivity contribution in [1.82, 2.24) is 4.90 Å². The molecule has 3 atom stereocenters. The van der Waals surface area contributed by atoms with Crippen molar-refractivity contribution in [2.45, 2.75) is 63.1 Å². The lowest BCUT2D eigenvalue weighted by Gasteiger charge is -2.46. The molecule has 3 unspecified atom stereocenters. The third-order valence-corrected chi connectivity index (χ3v) is 4.43. The molecular weight excluding hydrogens is 200 g/mol. The van der Waals surface area contributed by atoms with Crippen molar-refractivity contribution in [2.75, 3.05) is 20.2 Å². The van der Waals surface area contributed by atoms with Gasteiger partial charge in [-0.25, -0.2) is 0 Å². The molecule has 0 spiro atoms. The molecule has 2 rings (SSSR count). The maximum absolute atomic E-state index is 6.26. The van der Waals surface area contributed by atoms with E-state index in [1.165, 1.54) is 45.1 Å². The van der Waals surface area contributed by atoms with Crippen LogP contribution in [0.5, 0.6) is 0 Å². The van der Waals surface area contributed by atoms with Crippen LogP contribution in [-0.2, 0) is 4.74 Å². The summed E-state index contributed by atoms with van der Waals surface area (Å²) in [5.41, 5.74) is 6.31. The molecule has 3 heteroatoms. The molecule has 0 aromatic heterocycles. The van der Waals surface area contributed by atoms with Gasteiger partial charge in [-0.05, 0) is 39.2 Å². The first-order valence-electron chi connectivity index (χ1n) is 6.69. The van der Waals surface area contributed by atoms with Crippen LogP contribution >= 0.6 is 0 Å². The number of hydrogen-bond donors (Lipinski definition) is 1. The van der Waals surface area contributed by atoms with Crippen molar-refractivity contribution in [3.05, 3.63) is 0 Å². The first-order valence-corrected chi connectivity index (χ1v) is 6.69. The number of nitrogens with two attached hydrogens (primary N) is 1. The zero-order valence-corrected chi connectivity index (χ0v) is 10.7. The van der Waals surface area contributed by atoms with Crippen LogP contribution in [0.2, 0.25) is 0 Å². The van der Waals surface area contributed by atoms with Crippen LogP contribution in [0.25, 0.3) is 0 Å². The SMILES string of the molecule is COC1(C)CCCN(C2CCCCC2N)C1. The highest BCUT2D eigenvalue weighted by Gasteiger charge is 2.36. The molecule has 1 saturated heterocycles. The molecule has 0 radical (unpaired) electrons. The Kier molecular flexibility index (Phi) is 3.88. The molecule has 1 aliphatic carbocycles. The Morgan fingerprint density at radius 1 is 1.25 bits per heavy atom. The highest BCUT2D eigenvalue weighted by atomic mass is 16.5. The predicted octanol–water partition coefficient (Wildman–Crippen LogP) is 1.76. The number of methoxy groups -OCH3 is 1. The second-order valence-electron chi connectivity index (χ2n) is 5.74. The topological polar surface area (TPSA) is 38.5 Å². The molecule has 0 aromatic rings. The predicted molar refractivity (Wildman–Crippen MR) is 66.5 cm³/mol. The van der Waals surface area contributed by atoms with E-state index >= 15 is 0 Å². The molecule has 0 aromatic carbocycles. The zero-order valence-electron chi connectivity index (χ0n) is 10.7. The van der Waals surface area contributed by atoms with Crippen LogP contribution in [0.15, 0.2) is 0 Å². The zero-order chi connectivity index (χ0) is 11.6. The van der Waals surface area contributed by atoms with Crippen molar-refractivity contribution in [1.29, 1.82) is 0 Å². The molecule has 3 nitrogen and oxygen atoms in total. The summed E-state index contributed by atoms with van der Waals surface area (Å²) in [6.07, 6.45) is 7.56. The molecule has 94 valence electrons. The summed E-state index contributed by atoms with van der Waals surface area (Å²) < 4.78 is 5.65. The molecule has 1 saturated carbocycles. The second kappa shape index (κ2) is 5.03. The van der Waals surface area contributed by atoms with Gasteiger partial charge >= 0.3 is 0 Å². The Labute approximate surface area is 99.3 Å². The van der Waals surface area contributed by atoms with Crippen molar-refractivity contribution >= 4 is 0 Å². The molecule has 2 aliphatic rings. The number of hydrogen-bond acceptors (Lipinski definition) is 3. The minimum absolute atomic E-state index is 0.0510. The van der Waals surface area contributed by atoms with E-state index in [-0.39, 0.29) is 5.60 Å². The molecule has 0 bridgehead atoms. The van der Waals surface area contributed by atoms with Gasteiger partial charge < -0.3 is 10.5 Å². The summed E-state index contributed by atoms with van der Waals surface area (Å²) in [4.78, 5) is 2.58. The van der Waals surface area contributed by atoms with Gasteiger partial charge in [0.15, 0.2) is 0 Å². The van der Waals surface area contributed by atoms with E-state index in [9.17, 15) is 0 Å². The smallest absolute Gasteiger partial charge is 0.0777 e. The lowest BCUT2D eigenvalue weighted by molar-refractivity contribution is -0.0667. The molecular formula is C13H26N2O. The standard InChI is InChI=1S/C13H26N2O/c1-13(16-2)8-5-9-15(10-13)12-7-4-3-6-11(12)14/h11-12H,3-10,14H2,1-2H3. The number of likely N-dealkylation sites (tertiary alicyclic amines) is 1. The van der Waals surface area contributed by atoms with Crippen molar-refractivity contribution in [3.8, 4) is 0 Å². The van der Waals surface area contributed by atoms with Crippen molar-refractivity contribution in [2.24, 2.45) is 5.73 Å². The molecule has 1 aliphatic heterocycles. The number of nitrogens with zero attached hydrogens (tertiary/aromatic N) is 1. The second-order valence-corrected chi connectivity index (χ2v) is 5.74. The van der Waals surface area contributed by atoms with Gasteiger partial charge in [0.1, 0.15) is 0 Å². The summed E-state index contributed by atoms with van der Waals surface area (Å²) in [6.45, 7) is 4.49. The quantitative estimate of drug-likeness (QED) is 0.779. The van der Waals surface area contributed by atoms with E-state index < -0.39 is 0 Å². The van der Waals surface area contributed by atoms with Gasteiger partial charge in [-0.3, -0.25) is 4.90 Å². The molecule has 2 N–H and O–H groups in total. The third kappa shape index (κ3) is 2.58. The fourth-order valence-electron chi connectivity index (χ4n) is 3.29. The maximum atomic E-state index is 6.26. The summed E-state index contributed by atoms with van der Waals surface area (Å²) in [7, 11) is 1.84. The number of rotatable bonds is 2. The van der Waals surface area contributed by atoms with Gasteiger partial charge in [-0.1, -0.05) is 12.8 Å². The molecule has 0 amide bonds. The van der Waals surface area contributed by atoms with Crippen molar-refractivity contribution in [3.63, 3.8) is 0 Å². The minimum Gasteiger partial charge on any atom is -0.377 e. The first kappa shape index (κ1) is 12.3. The largest absolute Gasteiger partial charge is 0.377 e. The highest BCUT2D eigenvalue weighted by molar-refractivity contribution is 4.92. The van der Waals surface area contributed by atoms with Gasteiger partial charge in [0.2, 0.25) is 0 Å². The Morgan fingerprint density at radius 2 is 2.00 bits per heavy atom. The summed E-state index contributed by atoms with van der Waals surface area (Å²) >= 11 is 0. The minimum atomic E-state index is 0.0510. The summed E-state index contributed by atoms with van der Waals surface area (Å²) in [5, 5.41) is 0. The molecule has 2 fully saturated rings. The van der Waals surface area contributed by atoms with E-state index in [1.54, 1.807) is 0 Å². The van der Waals surface area contributed by atoms with E-state index in [1.807, 2.05) is 7.11 Å². The van der Waals surface area contributed by atoms with Crippen LogP contribution < -0.4 is 5.73 Å². The van der Waals surface area contributed by atoms with E-state index in [0.717, 1.165) is 6.54 Å². The Balaban J connectivity index is 1.97. The fraction of sp³-hybridized carbons (Fsp3) is 1.00. The van der Waals surface area contributed by atoms with Gasteiger partial charge in [0, 0.05) is 25.7 Å². The van der Waals surface area contributed by atoms with Gasteiger partial charge in [-0.15, -0.1) is 0 Å². The Morgan fingerprint density at radius 3 is 2.69 bits per heavy atom. The van der Waals surface area contributed by atoms with E-state index in [2.05, 4.69) is 11.8 Å². The van der Waals surface area contributed by atoms with Crippen LogP contribution in [0.4, 0.5) is 0 Å². The average molecular weight is 226 g/mol.